The lowest BCUT2D eigenvalue weighted by atomic mass is 9.66. The van der Waals surface area contributed by atoms with E-state index in [0.29, 0.717) is 6.54 Å². The standard InChI is InChI=1S/C18H34N2O3S/c1-16(2,3)14-13(12-20(15(21)22)18(14,7)8)10-9-11-19-24(23)17(4,5)6/h11,13-14H,9-10,12H2,1-8H3,(H,21,22)/t13-,14?,24?/m1/s1. The first-order valence-electron chi connectivity index (χ1n) is 8.64. The van der Waals surface area contributed by atoms with Gasteiger partial charge >= 0.3 is 6.09 Å². The zero-order chi connectivity index (χ0) is 18.9. The highest BCUT2D eigenvalue weighted by atomic mass is 32.2. The Morgan fingerprint density at radius 3 is 2.29 bits per heavy atom. The summed E-state index contributed by atoms with van der Waals surface area (Å²) in [5, 5.41) is 9.54. The summed E-state index contributed by atoms with van der Waals surface area (Å²) >= 11 is -1.23. The molecule has 0 aromatic carbocycles. The molecular formula is C18H34N2O3S. The number of amides is 1. The molecular weight excluding hydrogens is 324 g/mol. The lowest BCUT2D eigenvalue weighted by Gasteiger charge is -2.42. The van der Waals surface area contributed by atoms with Crippen molar-refractivity contribution in [2.75, 3.05) is 6.54 Å². The van der Waals surface area contributed by atoms with Gasteiger partial charge in [-0.2, -0.15) is 0 Å². The maximum Gasteiger partial charge on any atom is 0.407 e. The summed E-state index contributed by atoms with van der Waals surface area (Å²) in [6, 6.07) is 0. The Balaban J connectivity index is 2.82. The van der Waals surface area contributed by atoms with Crippen LogP contribution in [0.3, 0.4) is 0 Å². The summed E-state index contributed by atoms with van der Waals surface area (Å²) in [7, 11) is 0. The van der Waals surface area contributed by atoms with E-state index in [1.54, 1.807) is 11.1 Å². The van der Waals surface area contributed by atoms with Gasteiger partial charge in [0.25, 0.3) is 0 Å². The van der Waals surface area contributed by atoms with E-state index >= 15 is 0 Å². The van der Waals surface area contributed by atoms with Crippen LogP contribution < -0.4 is 0 Å². The van der Waals surface area contributed by atoms with Crippen LogP contribution in [0, 0.1) is 17.3 Å². The number of hydrogen-bond acceptors (Lipinski definition) is 3. The number of carbonyl (C=O) groups is 1. The molecule has 1 rings (SSSR count). The second-order valence-corrected chi connectivity index (χ2v) is 11.3. The van der Waals surface area contributed by atoms with Crippen LogP contribution in [0.15, 0.2) is 4.40 Å². The maximum absolute atomic E-state index is 12.0. The Morgan fingerprint density at radius 1 is 1.33 bits per heavy atom. The molecule has 0 aliphatic carbocycles. The monoisotopic (exact) mass is 358 g/mol. The van der Waals surface area contributed by atoms with Gasteiger partial charge < -0.3 is 14.6 Å². The second-order valence-electron chi connectivity index (χ2n) is 9.38. The minimum absolute atomic E-state index is 0.0176. The Kier molecular flexibility index (Phi) is 6.42. The van der Waals surface area contributed by atoms with Crippen LogP contribution in [-0.4, -0.2) is 43.7 Å². The summed E-state index contributed by atoms with van der Waals surface area (Å²) < 4.78 is 15.8. The molecule has 5 nitrogen and oxygen atoms in total. The molecule has 1 heterocycles. The zero-order valence-corrected chi connectivity index (χ0v) is 17.2. The fourth-order valence-corrected chi connectivity index (χ4v) is 4.79. The Bertz CT molecular complexity index is 478. The largest absolute Gasteiger partial charge is 0.591 e. The van der Waals surface area contributed by atoms with E-state index in [4.69, 9.17) is 0 Å². The molecule has 1 saturated heterocycles. The van der Waals surface area contributed by atoms with Gasteiger partial charge in [0, 0.05) is 12.1 Å². The quantitative estimate of drug-likeness (QED) is 0.599. The van der Waals surface area contributed by atoms with E-state index in [0.717, 1.165) is 12.8 Å². The van der Waals surface area contributed by atoms with Crippen molar-refractivity contribution < 1.29 is 14.5 Å². The van der Waals surface area contributed by atoms with Crippen molar-refractivity contribution in [2.45, 2.75) is 78.5 Å². The number of hydrogen-bond donors (Lipinski definition) is 1. The van der Waals surface area contributed by atoms with Gasteiger partial charge in [-0.05, 0) is 64.7 Å². The summed E-state index contributed by atoms with van der Waals surface area (Å²) in [6.45, 7) is 16.9. The van der Waals surface area contributed by atoms with Gasteiger partial charge in [0.15, 0.2) is 0 Å². The van der Waals surface area contributed by atoms with Crippen molar-refractivity contribution in [3.8, 4) is 0 Å². The Hall–Kier alpha value is -0.750. The lowest BCUT2D eigenvalue weighted by Crippen LogP contribution is -2.48. The Morgan fingerprint density at radius 2 is 1.88 bits per heavy atom. The van der Waals surface area contributed by atoms with Gasteiger partial charge in [-0.25, -0.2) is 4.79 Å². The van der Waals surface area contributed by atoms with E-state index in [9.17, 15) is 14.5 Å². The number of rotatable bonds is 4. The van der Waals surface area contributed by atoms with Crippen LogP contribution in [-0.2, 0) is 11.4 Å². The zero-order valence-electron chi connectivity index (χ0n) is 16.4. The smallest absolute Gasteiger partial charge is 0.407 e. The highest BCUT2D eigenvalue weighted by Crippen LogP contribution is 2.49. The molecule has 1 amide bonds. The van der Waals surface area contributed by atoms with Gasteiger partial charge in [0.1, 0.15) is 16.1 Å². The van der Waals surface area contributed by atoms with Crippen molar-refractivity contribution >= 4 is 23.7 Å². The molecule has 1 aliphatic rings. The molecule has 24 heavy (non-hydrogen) atoms. The molecule has 3 atom stereocenters. The molecule has 0 bridgehead atoms. The first-order valence-corrected chi connectivity index (χ1v) is 9.74. The van der Waals surface area contributed by atoms with Gasteiger partial charge in [0.05, 0.1) is 6.21 Å². The highest BCUT2D eigenvalue weighted by molar-refractivity contribution is 7.91. The van der Waals surface area contributed by atoms with Crippen LogP contribution in [0.5, 0.6) is 0 Å². The van der Waals surface area contributed by atoms with E-state index < -0.39 is 17.5 Å². The third-order valence-electron chi connectivity index (χ3n) is 4.87. The number of likely N-dealkylation sites (tertiary alicyclic amines) is 1. The molecule has 140 valence electrons. The maximum atomic E-state index is 12.0. The molecule has 1 aliphatic heterocycles. The van der Waals surface area contributed by atoms with Crippen LogP contribution in [0.4, 0.5) is 4.79 Å². The SMILES string of the molecule is CC(C)(C)C1[C@H](CCC=N[S+]([O-])C(C)(C)C)CN(C(=O)O)C1(C)C. The summed E-state index contributed by atoms with van der Waals surface area (Å²) in [5.41, 5.74) is -0.371. The van der Waals surface area contributed by atoms with Crippen LogP contribution >= 0.6 is 0 Å². The van der Waals surface area contributed by atoms with Crippen LogP contribution in [0.25, 0.3) is 0 Å². The van der Waals surface area contributed by atoms with Crippen molar-refractivity contribution in [3.63, 3.8) is 0 Å². The topological polar surface area (TPSA) is 76.0 Å². The third-order valence-corrected chi connectivity index (χ3v) is 6.26. The number of nitrogens with zero attached hydrogens (tertiary/aromatic N) is 2. The number of carboxylic acid groups (broad SMARTS) is 1. The fraction of sp³-hybridized carbons (Fsp3) is 0.889. The minimum Gasteiger partial charge on any atom is -0.591 e. The van der Waals surface area contributed by atoms with Crippen molar-refractivity contribution in [1.29, 1.82) is 0 Å². The first-order chi connectivity index (χ1) is 10.7. The predicted molar refractivity (Wildman–Crippen MR) is 101 cm³/mol. The molecule has 2 unspecified atom stereocenters. The van der Waals surface area contributed by atoms with Crippen molar-refractivity contribution in [2.24, 2.45) is 21.6 Å². The second kappa shape index (κ2) is 7.24. The van der Waals surface area contributed by atoms with E-state index in [1.807, 2.05) is 34.6 Å². The normalized spacial score (nSPS) is 26.1. The van der Waals surface area contributed by atoms with Gasteiger partial charge in [-0.3, -0.25) is 0 Å². The molecule has 1 fully saturated rings. The van der Waals surface area contributed by atoms with Gasteiger partial charge in [0.2, 0.25) is 0 Å². The lowest BCUT2D eigenvalue weighted by molar-refractivity contribution is 0.0640. The van der Waals surface area contributed by atoms with Crippen molar-refractivity contribution in [3.05, 3.63) is 0 Å². The van der Waals surface area contributed by atoms with Crippen molar-refractivity contribution in [1.82, 2.24) is 4.90 Å². The Labute approximate surface area is 150 Å². The average Bonchev–Trinajstić information content (AvgIpc) is 2.63. The van der Waals surface area contributed by atoms with E-state index in [-0.39, 0.29) is 27.5 Å². The van der Waals surface area contributed by atoms with E-state index in [2.05, 4.69) is 25.2 Å². The fourth-order valence-electron chi connectivity index (χ4n) is 4.24. The molecule has 0 saturated carbocycles. The molecule has 1 N–H and O–H groups in total. The van der Waals surface area contributed by atoms with E-state index in [1.165, 1.54) is 0 Å². The third kappa shape index (κ3) is 4.88. The summed E-state index contributed by atoms with van der Waals surface area (Å²) in [4.78, 5) is 13.2. The molecule has 0 aromatic rings. The molecule has 0 aromatic heterocycles. The summed E-state index contributed by atoms with van der Waals surface area (Å²) in [5.74, 6) is 0.549. The molecule has 6 heteroatoms. The molecule has 0 radical (unpaired) electrons. The van der Waals surface area contributed by atoms with Gasteiger partial charge in [-0.15, -0.1) is 0 Å². The van der Waals surface area contributed by atoms with Crippen LogP contribution in [0.1, 0.15) is 68.2 Å². The first kappa shape index (κ1) is 21.3. The molecule has 0 spiro atoms. The summed E-state index contributed by atoms with van der Waals surface area (Å²) in [6.07, 6.45) is 2.49. The highest BCUT2D eigenvalue weighted by Gasteiger charge is 2.53. The average molecular weight is 359 g/mol. The van der Waals surface area contributed by atoms with Crippen LogP contribution in [0.2, 0.25) is 0 Å². The van der Waals surface area contributed by atoms with Gasteiger partial charge in [-0.1, -0.05) is 25.2 Å². The minimum atomic E-state index is -1.23. The predicted octanol–water partition coefficient (Wildman–Crippen LogP) is 4.35.